The Balaban J connectivity index is 1.53. The van der Waals surface area contributed by atoms with E-state index < -0.39 is 0 Å². The predicted molar refractivity (Wildman–Crippen MR) is 96.4 cm³/mol. The fourth-order valence-electron chi connectivity index (χ4n) is 2.70. The molecule has 25 heavy (non-hydrogen) atoms. The van der Waals surface area contributed by atoms with E-state index in [1.807, 2.05) is 31.2 Å². The van der Waals surface area contributed by atoms with E-state index in [1.165, 1.54) is 5.56 Å². The van der Waals surface area contributed by atoms with Gasteiger partial charge in [-0.1, -0.05) is 29.8 Å². The average Bonchev–Trinajstić information content (AvgIpc) is 3.16. The number of anilines is 1. The first-order chi connectivity index (χ1) is 12.1. The lowest BCUT2D eigenvalue weighted by atomic mass is 10.1. The Morgan fingerprint density at radius 3 is 2.44 bits per heavy atom. The number of carbonyl (C=O) groups is 2. The van der Waals surface area contributed by atoms with Crippen LogP contribution in [0.3, 0.4) is 0 Å². The van der Waals surface area contributed by atoms with Gasteiger partial charge in [-0.05, 0) is 49.6 Å². The SMILES string of the molecule is Cc1ccc(CNC(=O)c2ccc(NC(=O)C3CCCO3)cc2)cc1. The summed E-state index contributed by atoms with van der Waals surface area (Å²) in [6, 6.07) is 14.9. The van der Waals surface area contributed by atoms with E-state index in [1.54, 1.807) is 24.3 Å². The fourth-order valence-corrected chi connectivity index (χ4v) is 2.70. The minimum atomic E-state index is -0.363. The van der Waals surface area contributed by atoms with Crippen LogP contribution in [-0.2, 0) is 16.1 Å². The summed E-state index contributed by atoms with van der Waals surface area (Å²) in [5, 5.41) is 5.71. The molecule has 2 aromatic rings. The van der Waals surface area contributed by atoms with Gasteiger partial charge in [-0.2, -0.15) is 0 Å². The Morgan fingerprint density at radius 2 is 1.80 bits per heavy atom. The maximum absolute atomic E-state index is 12.2. The van der Waals surface area contributed by atoms with Crippen molar-refractivity contribution in [1.29, 1.82) is 0 Å². The van der Waals surface area contributed by atoms with Gasteiger partial charge in [0.25, 0.3) is 11.8 Å². The van der Waals surface area contributed by atoms with Crippen LogP contribution in [0.4, 0.5) is 5.69 Å². The maximum atomic E-state index is 12.2. The van der Waals surface area contributed by atoms with Gasteiger partial charge in [0.1, 0.15) is 6.10 Å². The Hall–Kier alpha value is -2.66. The van der Waals surface area contributed by atoms with Crippen molar-refractivity contribution in [2.75, 3.05) is 11.9 Å². The van der Waals surface area contributed by atoms with Crippen LogP contribution in [0.1, 0.15) is 34.3 Å². The molecule has 2 aromatic carbocycles. The third-order valence-electron chi connectivity index (χ3n) is 4.21. The molecule has 0 aliphatic carbocycles. The third kappa shape index (κ3) is 4.67. The Bertz CT molecular complexity index is 733. The Labute approximate surface area is 147 Å². The highest BCUT2D eigenvalue weighted by Gasteiger charge is 2.23. The second kappa shape index (κ2) is 7.94. The van der Waals surface area contributed by atoms with Gasteiger partial charge in [-0.25, -0.2) is 0 Å². The zero-order valence-electron chi connectivity index (χ0n) is 14.2. The molecule has 1 aliphatic heterocycles. The number of nitrogens with one attached hydrogen (secondary N) is 2. The van der Waals surface area contributed by atoms with Crippen LogP contribution in [0, 0.1) is 6.92 Å². The maximum Gasteiger partial charge on any atom is 0.253 e. The largest absolute Gasteiger partial charge is 0.368 e. The second-order valence-corrected chi connectivity index (χ2v) is 6.24. The number of benzene rings is 2. The van der Waals surface area contributed by atoms with Crippen molar-refractivity contribution in [1.82, 2.24) is 5.32 Å². The highest BCUT2D eigenvalue weighted by atomic mass is 16.5. The lowest BCUT2D eigenvalue weighted by Gasteiger charge is -2.11. The summed E-state index contributed by atoms with van der Waals surface area (Å²) in [5.41, 5.74) is 3.47. The van der Waals surface area contributed by atoms with Crippen molar-refractivity contribution >= 4 is 17.5 Å². The first-order valence-corrected chi connectivity index (χ1v) is 8.48. The first-order valence-electron chi connectivity index (χ1n) is 8.48. The van der Waals surface area contributed by atoms with Crippen LogP contribution in [0.15, 0.2) is 48.5 Å². The van der Waals surface area contributed by atoms with Crippen molar-refractivity contribution in [3.8, 4) is 0 Å². The van der Waals surface area contributed by atoms with E-state index in [0.717, 1.165) is 18.4 Å². The van der Waals surface area contributed by atoms with Crippen LogP contribution in [0.5, 0.6) is 0 Å². The summed E-state index contributed by atoms with van der Waals surface area (Å²) < 4.78 is 5.35. The molecule has 5 heteroatoms. The minimum Gasteiger partial charge on any atom is -0.368 e. The zero-order valence-corrected chi connectivity index (χ0v) is 14.2. The Morgan fingerprint density at radius 1 is 1.08 bits per heavy atom. The first kappa shape index (κ1) is 17.2. The van der Waals surface area contributed by atoms with E-state index in [2.05, 4.69) is 10.6 Å². The van der Waals surface area contributed by atoms with E-state index in [4.69, 9.17) is 4.74 Å². The molecule has 1 unspecified atom stereocenters. The van der Waals surface area contributed by atoms with Gasteiger partial charge in [-0.3, -0.25) is 9.59 Å². The van der Waals surface area contributed by atoms with Crippen LogP contribution >= 0.6 is 0 Å². The number of ether oxygens (including phenoxy) is 1. The zero-order chi connectivity index (χ0) is 17.6. The molecular weight excluding hydrogens is 316 g/mol. The topological polar surface area (TPSA) is 67.4 Å². The van der Waals surface area contributed by atoms with Gasteiger partial charge in [0.05, 0.1) is 0 Å². The van der Waals surface area contributed by atoms with Gasteiger partial charge in [0.2, 0.25) is 0 Å². The van der Waals surface area contributed by atoms with Crippen LogP contribution in [-0.4, -0.2) is 24.5 Å². The molecule has 1 atom stereocenters. The van der Waals surface area contributed by atoms with E-state index >= 15 is 0 Å². The molecule has 0 saturated carbocycles. The minimum absolute atomic E-state index is 0.130. The average molecular weight is 338 g/mol. The number of carbonyl (C=O) groups excluding carboxylic acids is 2. The second-order valence-electron chi connectivity index (χ2n) is 6.24. The molecule has 5 nitrogen and oxygen atoms in total. The van der Waals surface area contributed by atoms with Gasteiger partial charge >= 0.3 is 0 Å². The molecule has 0 radical (unpaired) electrons. The predicted octanol–water partition coefficient (Wildman–Crippen LogP) is 3.04. The number of amides is 2. The summed E-state index contributed by atoms with van der Waals surface area (Å²) in [6.45, 7) is 3.15. The highest BCUT2D eigenvalue weighted by Crippen LogP contribution is 2.16. The standard InChI is InChI=1S/C20H22N2O3/c1-14-4-6-15(7-5-14)13-21-19(23)16-8-10-17(11-9-16)22-20(24)18-3-2-12-25-18/h4-11,18H,2-3,12-13H2,1H3,(H,21,23)(H,22,24). The van der Waals surface area contributed by atoms with Gasteiger partial charge in [0.15, 0.2) is 0 Å². The van der Waals surface area contributed by atoms with Crippen molar-refractivity contribution in [2.45, 2.75) is 32.4 Å². The summed E-state index contributed by atoms with van der Waals surface area (Å²) in [6.07, 6.45) is 1.31. The van der Waals surface area contributed by atoms with Crippen molar-refractivity contribution < 1.29 is 14.3 Å². The third-order valence-corrected chi connectivity index (χ3v) is 4.21. The van der Waals surface area contributed by atoms with Crippen molar-refractivity contribution in [3.63, 3.8) is 0 Å². The van der Waals surface area contributed by atoms with E-state index in [9.17, 15) is 9.59 Å². The molecule has 1 saturated heterocycles. The van der Waals surface area contributed by atoms with Crippen LogP contribution in [0.25, 0.3) is 0 Å². The number of rotatable bonds is 5. The number of hydrogen-bond acceptors (Lipinski definition) is 3. The van der Waals surface area contributed by atoms with Crippen molar-refractivity contribution in [2.24, 2.45) is 0 Å². The molecule has 2 amide bonds. The van der Waals surface area contributed by atoms with Crippen molar-refractivity contribution in [3.05, 3.63) is 65.2 Å². The fraction of sp³-hybridized carbons (Fsp3) is 0.300. The van der Waals surface area contributed by atoms with Crippen LogP contribution < -0.4 is 10.6 Å². The summed E-state index contributed by atoms with van der Waals surface area (Å²) in [7, 11) is 0. The quantitative estimate of drug-likeness (QED) is 0.880. The number of hydrogen-bond donors (Lipinski definition) is 2. The summed E-state index contributed by atoms with van der Waals surface area (Å²) in [5.74, 6) is -0.272. The summed E-state index contributed by atoms with van der Waals surface area (Å²) in [4.78, 5) is 24.2. The van der Waals surface area contributed by atoms with Crippen LogP contribution in [0.2, 0.25) is 0 Å². The molecule has 130 valence electrons. The molecule has 3 rings (SSSR count). The highest BCUT2D eigenvalue weighted by molar-refractivity contribution is 5.96. The lowest BCUT2D eigenvalue weighted by Crippen LogP contribution is -2.27. The molecular formula is C20H22N2O3. The molecule has 0 aromatic heterocycles. The smallest absolute Gasteiger partial charge is 0.253 e. The lowest BCUT2D eigenvalue weighted by molar-refractivity contribution is -0.124. The van der Waals surface area contributed by atoms with Gasteiger partial charge in [0, 0.05) is 24.4 Å². The van der Waals surface area contributed by atoms with Gasteiger partial charge in [-0.15, -0.1) is 0 Å². The van der Waals surface area contributed by atoms with E-state index in [0.29, 0.717) is 24.4 Å². The normalized spacial score (nSPS) is 16.4. The summed E-state index contributed by atoms with van der Waals surface area (Å²) >= 11 is 0. The molecule has 0 bridgehead atoms. The van der Waals surface area contributed by atoms with E-state index in [-0.39, 0.29) is 17.9 Å². The molecule has 1 fully saturated rings. The molecule has 0 spiro atoms. The molecule has 2 N–H and O–H groups in total. The number of aryl methyl sites for hydroxylation is 1. The molecule has 1 aliphatic rings. The Kier molecular flexibility index (Phi) is 5.46. The molecule has 1 heterocycles. The monoisotopic (exact) mass is 338 g/mol. The van der Waals surface area contributed by atoms with Gasteiger partial charge < -0.3 is 15.4 Å².